The molecule has 0 amide bonds. The zero-order chi connectivity index (χ0) is 11.7. The van der Waals surface area contributed by atoms with Crippen LogP contribution in [0.25, 0.3) is 5.57 Å². The molecule has 2 aromatic rings. The van der Waals surface area contributed by atoms with Gasteiger partial charge in [-0.25, -0.2) is 0 Å². The Morgan fingerprint density at radius 1 is 1.18 bits per heavy atom. The van der Waals surface area contributed by atoms with Crippen molar-refractivity contribution < 1.29 is 0 Å². The third-order valence-electron chi connectivity index (χ3n) is 3.49. The lowest BCUT2D eigenvalue weighted by atomic mass is 9.88. The van der Waals surface area contributed by atoms with Crippen molar-refractivity contribution in [2.75, 3.05) is 0 Å². The predicted molar refractivity (Wildman–Crippen MR) is 75.5 cm³/mol. The molecule has 0 radical (unpaired) electrons. The van der Waals surface area contributed by atoms with Crippen molar-refractivity contribution in [3.8, 4) is 0 Å². The molecular formula is C16H16S. The van der Waals surface area contributed by atoms with Crippen LogP contribution >= 0.6 is 11.3 Å². The maximum absolute atomic E-state index is 2.42. The summed E-state index contributed by atoms with van der Waals surface area (Å²) in [7, 11) is 0. The fourth-order valence-electron chi connectivity index (χ4n) is 2.49. The van der Waals surface area contributed by atoms with Crippen molar-refractivity contribution in [1.29, 1.82) is 0 Å². The van der Waals surface area contributed by atoms with E-state index in [1.54, 1.807) is 0 Å². The van der Waals surface area contributed by atoms with E-state index in [1.165, 1.54) is 40.0 Å². The standard InChI is InChI=1S/C16H16S/c1-12-9-10-17-16(12)11-14-7-4-6-13-5-2-3-8-15(13)14/h2-3,5,7-10H,4,6,11H2,1H3. The van der Waals surface area contributed by atoms with E-state index < -0.39 is 0 Å². The summed E-state index contributed by atoms with van der Waals surface area (Å²) in [5.41, 5.74) is 5.92. The van der Waals surface area contributed by atoms with E-state index in [4.69, 9.17) is 0 Å². The van der Waals surface area contributed by atoms with Gasteiger partial charge < -0.3 is 0 Å². The fraction of sp³-hybridized carbons (Fsp3) is 0.250. The fourth-order valence-corrected chi connectivity index (χ4v) is 3.42. The van der Waals surface area contributed by atoms with Crippen LogP contribution in [-0.2, 0) is 12.8 Å². The minimum atomic E-state index is 1.10. The van der Waals surface area contributed by atoms with E-state index in [0.29, 0.717) is 0 Å². The highest BCUT2D eigenvalue weighted by molar-refractivity contribution is 7.10. The second-order valence-electron chi connectivity index (χ2n) is 4.63. The molecule has 0 atom stereocenters. The third kappa shape index (κ3) is 2.07. The molecule has 0 spiro atoms. The highest BCUT2D eigenvalue weighted by atomic mass is 32.1. The molecule has 0 fully saturated rings. The van der Waals surface area contributed by atoms with Gasteiger partial charge in [-0.2, -0.15) is 0 Å². The van der Waals surface area contributed by atoms with Crippen LogP contribution < -0.4 is 0 Å². The van der Waals surface area contributed by atoms with E-state index in [-0.39, 0.29) is 0 Å². The van der Waals surface area contributed by atoms with Crippen LogP contribution in [-0.4, -0.2) is 0 Å². The molecule has 1 aromatic carbocycles. The van der Waals surface area contributed by atoms with Gasteiger partial charge in [-0.3, -0.25) is 0 Å². The van der Waals surface area contributed by atoms with Crippen LogP contribution in [0, 0.1) is 6.92 Å². The predicted octanol–water partition coefficient (Wildman–Crippen LogP) is 4.63. The van der Waals surface area contributed by atoms with Gasteiger partial charge in [0.25, 0.3) is 0 Å². The van der Waals surface area contributed by atoms with Crippen LogP contribution in [0.2, 0.25) is 0 Å². The topological polar surface area (TPSA) is 0 Å². The van der Waals surface area contributed by atoms with Crippen molar-refractivity contribution in [2.45, 2.75) is 26.2 Å². The largest absolute Gasteiger partial charge is 0.148 e. The summed E-state index contributed by atoms with van der Waals surface area (Å²) in [4.78, 5) is 1.51. The number of hydrogen-bond donors (Lipinski definition) is 0. The molecule has 0 aliphatic heterocycles. The molecule has 86 valence electrons. The average Bonchev–Trinajstić information content (AvgIpc) is 2.76. The highest BCUT2D eigenvalue weighted by Crippen LogP contribution is 2.31. The first kappa shape index (κ1) is 10.8. The van der Waals surface area contributed by atoms with Gasteiger partial charge in [0.05, 0.1) is 0 Å². The molecule has 1 aliphatic rings. The van der Waals surface area contributed by atoms with Gasteiger partial charge in [-0.1, -0.05) is 30.3 Å². The summed E-state index contributed by atoms with van der Waals surface area (Å²) in [6, 6.07) is 11.1. The molecule has 0 saturated carbocycles. The first-order valence-corrected chi connectivity index (χ1v) is 7.03. The summed E-state index contributed by atoms with van der Waals surface area (Å²) < 4.78 is 0. The van der Waals surface area contributed by atoms with Crippen molar-refractivity contribution in [2.24, 2.45) is 0 Å². The summed E-state index contributed by atoms with van der Waals surface area (Å²) in [5, 5.41) is 2.19. The minimum absolute atomic E-state index is 1.10. The Labute approximate surface area is 107 Å². The van der Waals surface area contributed by atoms with E-state index in [2.05, 4.69) is 48.7 Å². The van der Waals surface area contributed by atoms with Gasteiger partial charge in [0, 0.05) is 11.3 Å². The molecule has 1 heteroatoms. The van der Waals surface area contributed by atoms with E-state index in [9.17, 15) is 0 Å². The highest BCUT2D eigenvalue weighted by Gasteiger charge is 2.13. The number of hydrogen-bond acceptors (Lipinski definition) is 1. The van der Waals surface area contributed by atoms with Crippen LogP contribution in [0.1, 0.15) is 28.0 Å². The summed E-state index contributed by atoms with van der Waals surface area (Å²) in [6.45, 7) is 2.21. The zero-order valence-corrected chi connectivity index (χ0v) is 10.9. The Morgan fingerprint density at radius 2 is 2.06 bits per heavy atom. The van der Waals surface area contributed by atoms with Gasteiger partial charge >= 0.3 is 0 Å². The molecule has 3 rings (SSSR count). The number of fused-ring (bicyclic) bond motifs is 1. The molecule has 0 N–H and O–H groups in total. The lowest BCUT2D eigenvalue weighted by Crippen LogP contribution is -2.01. The Bertz CT molecular complexity index is 560. The normalized spacial score (nSPS) is 14.3. The number of rotatable bonds is 2. The first-order chi connectivity index (χ1) is 8.34. The maximum Gasteiger partial charge on any atom is 0.0118 e. The molecule has 1 aliphatic carbocycles. The summed E-state index contributed by atoms with van der Waals surface area (Å²) in [5.74, 6) is 0. The van der Waals surface area contributed by atoms with Gasteiger partial charge in [0.1, 0.15) is 0 Å². The van der Waals surface area contributed by atoms with Gasteiger partial charge in [0.15, 0.2) is 0 Å². The van der Waals surface area contributed by atoms with E-state index >= 15 is 0 Å². The lowest BCUT2D eigenvalue weighted by Gasteiger charge is -2.17. The lowest BCUT2D eigenvalue weighted by molar-refractivity contribution is 0.967. The summed E-state index contributed by atoms with van der Waals surface area (Å²) in [6.07, 6.45) is 5.90. The monoisotopic (exact) mass is 240 g/mol. The van der Waals surface area contributed by atoms with Crippen LogP contribution in [0.5, 0.6) is 0 Å². The number of thiophene rings is 1. The second kappa shape index (κ2) is 4.50. The van der Waals surface area contributed by atoms with Crippen LogP contribution in [0.3, 0.4) is 0 Å². The zero-order valence-electron chi connectivity index (χ0n) is 10.1. The van der Waals surface area contributed by atoms with E-state index in [1.807, 2.05) is 11.3 Å². The van der Waals surface area contributed by atoms with Gasteiger partial charge in [-0.05, 0) is 53.5 Å². The molecule has 0 unspecified atom stereocenters. The van der Waals surface area contributed by atoms with Crippen molar-refractivity contribution >= 4 is 16.9 Å². The van der Waals surface area contributed by atoms with Crippen molar-refractivity contribution in [3.05, 3.63) is 63.4 Å². The molecule has 1 heterocycles. The summed E-state index contributed by atoms with van der Waals surface area (Å²) >= 11 is 1.88. The molecule has 0 saturated heterocycles. The van der Waals surface area contributed by atoms with E-state index in [0.717, 1.165) is 6.42 Å². The minimum Gasteiger partial charge on any atom is -0.148 e. The molecule has 0 bridgehead atoms. The Balaban J connectivity index is 1.94. The maximum atomic E-state index is 2.42. The number of allylic oxidation sites excluding steroid dienone is 2. The van der Waals surface area contributed by atoms with Gasteiger partial charge in [0.2, 0.25) is 0 Å². The van der Waals surface area contributed by atoms with Crippen LogP contribution in [0.15, 0.2) is 41.8 Å². The SMILES string of the molecule is Cc1ccsc1CC1=CCCc2ccccc21. The third-order valence-corrected chi connectivity index (χ3v) is 4.51. The molecule has 1 aromatic heterocycles. The first-order valence-electron chi connectivity index (χ1n) is 6.15. The smallest absolute Gasteiger partial charge is 0.0118 e. The Morgan fingerprint density at radius 3 is 2.88 bits per heavy atom. The average molecular weight is 240 g/mol. The van der Waals surface area contributed by atoms with Crippen molar-refractivity contribution in [1.82, 2.24) is 0 Å². The molecular weight excluding hydrogens is 224 g/mol. The van der Waals surface area contributed by atoms with Crippen LogP contribution in [0.4, 0.5) is 0 Å². The Hall–Kier alpha value is -1.34. The quantitative estimate of drug-likeness (QED) is 0.718. The molecule has 0 nitrogen and oxygen atoms in total. The number of benzene rings is 1. The number of aryl methyl sites for hydroxylation is 2. The van der Waals surface area contributed by atoms with Gasteiger partial charge in [-0.15, -0.1) is 11.3 Å². The second-order valence-corrected chi connectivity index (χ2v) is 5.63. The Kier molecular flexibility index (Phi) is 2.86. The van der Waals surface area contributed by atoms with Crippen molar-refractivity contribution in [3.63, 3.8) is 0 Å². The molecule has 17 heavy (non-hydrogen) atoms.